The Morgan fingerprint density at radius 1 is 1.09 bits per heavy atom. The summed E-state index contributed by atoms with van der Waals surface area (Å²) in [5.74, 6) is 1.51. The molecule has 0 aliphatic rings. The fourth-order valence-electron chi connectivity index (χ4n) is 1.73. The summed E-state index contributed by atoms with van der Waals surface area (Å²) in [7, 11) is 1.61. The number of urea groups is 1. The number of benzene rings is 2. The Bertz CT molecular complexity index is 617. The quantitative estimate of drug-likeness (QED) is 0.769. The summed E-state index contributed by atoms with van der Waals surface area (Å²) in [6.45, 7) is 0.790. The third-order valence-electron chi connectivity index (χ3n) is 2.84. The largest absolute Gasteiger partial charge is 0.497 e. The lowest BCUT2D eigenvalue weighted by Crippen LogP contribution is -2.32. The lowest BCUT2D eigenvalue weighted by Gasteiger charge is -2.10. The molecule has 0 atom stereocenters. The van der Waals surface area contributed by atoms with Gasteiger partial charge in [0.25, 0.3) is 0 Å². The van der Waals surface area contributed by atoms with E-state index in [9.17, 15) is 4.79 Å². The van der Waals surface area contributed by atoms with Crippen LogP contribution in [0.2, 0.25) is 0 Å². The molecule has 0 bridgehead atoms. The van der Waals surface area contributed by atoms with Crippen LogP contribution in [0.15, 0.2) is 53.0 Å². The molecule has 0 unspecified atom stereocenters. The van der Waals surface area contributed by atoms with Crippen LogP contribution >= 0.6 is 15.9 Å². The van der Waals surface area contributed by atoms with Crippen molar-refractivity contribution < 1.29 is 14.3 Å². The van der Waals surface area contributed by atoms with Crippen LogP contribution in [0, 0.1) is 0 Å². The van der Waals surface area contributed by atoms with Gasteiger partial charge in [-0.15, -0.1) is 0 Å². The number of carbonyl (C=O) groups excluding carboxylic acids is 1. The topological polar surface area (TPSA) is 59.6 Å². The van der Waals surface area contributed by atoms with Crippen LogP contribution in [0.4, 0.5) is 10.5 Å². The molecule has 0 fully saturated rings. The van der Waals surface area contributed by atoms with Crippen LogP contribution in [0.3, 0.4) is 0 Å². The fraction of sp³-hybridized carbons (Fsp3) is 0.188. The lowest BCUT2D eigenvalue weighted by atomic mass is 10.3. The van der Waals surface area contributed by atoms with Gasteiger partial charge in [-0.25, -0.2) is 4.79 Å². The molecule has 2 N–H and O–H groups in total. The molecule has 22 heavy (non-hydrogen) atoms. The molecule has 2 aromatic carbocycles. The molecule has 6 heteroatoms. The zero-order valence-electron chi connectivity index (χ0n) is 12.1. The van der Waals surface area contributed by atoms with Crippen molar-refractivity contribution in [1.82, 2.24) is 5.32 Å². The van der Waals surface area contributed by atoms with Crippen molar-refractivity contribution in [2.45, 2.75) is 0 Å². The number of hydrogen-bond donors (Lipinski definition) is 2. The number of para-hydroxylation sites is 1. The first-order valence-corrected chi connectivity index (χ1v) is 7.54. The summed E-state index contributed by atoms with van der Waals surface area (Å²) in [4.78, 5) is 11.7. The summed E-state index contributed by atoms with van der Waals surface area (Å²) in [6, 6.07) is 14.4. The minimum atomic E-state index is -0.273. The van der Waals surface area contributed by atoms with Gasteiger partial charge in [0, 0.05) is 4.47 Å². The van der Waals surface area contributed by atoms with Gasteiger partial charge in [0.1, 0.15) is 18.1 Å². The Morgan fingerprint density at radius 2 is 1.77 bits per heavy atom. The van der Waals surface area contributed by atoms with Gasteiger partial charge in [0.15, 0.2) is 0 Å². The molecular formula is C16H17BrN2O3. The Labute approximate surface area is 137 Å². The summed E-state index contributed by atoms with van der Waals surface area (Å²) >= 11 is 3.37. The molecule has 116 valence electrons. The van der Waals surface area contributed by atoms with Crippen molar-refractivity contribution in [3.63, 3.8) is 0 Å². The van der Waals surface area contributed by atoms with Crippen molar-refractivity contribution in [2.75, 3.05) is 25.6 Å². The van der Waals surface area contributed by atoms with E-state index in [0.29, 0.717) is 13.2 Å². The normalized spacial score (nSPS) is 9.91. The molecule has 0 radical (unpaired) electrons. The van der Waals surface area contributed by atoms with E-state index in [-0.39, 0.29) is 6.03 Å². The maximum Gasteiger partial charge on any atom is 0.319 e. The van der Waals surface area contributed by atoms with Gasteiger partial charge in [-0.05, 0) is 52.3 Å². The molecule has 0 saturated carbocycles. The van der Waals surface area contributed by atoms with E-state index in [1.54, 1.807) is 7.11 Å². The molecule has 0 spiro atoms. The molecule has 2 aromatic rings. The van der Waals surface area contributed by atoms with Crippen molar-refractivity contribution >= 4 is 27.6 Å². The van der Waals surface area contributed by atoms with E-state index in [1.807, 2.05) is 48.5 Å². The predicted molar refractivity (Wildman–Crippen MR) is 89.7 cm³/mol. The highest BCUT2D eigenvalue weighted by molar-refractivity contribution is 9.10. The van der Waals surface area contributed by atoms with E-state index in [2.05, 4.69) is 26.6 Å². The second-order valence-electron chi connectivity index (χ2n) is 4.38. The summed E-state index contributed by atoms with van der Waals surface area (Å²) in [5.41, 5.74) is 0.719. The zero-order chi connectivity index (χ0) is 15.8. The van der Waals surface area contributed by atoms with Crippen LogP contribution < -0.4 is 20.1 Å². The number of methoxy groups -OCH3 is 1. The Morgan fingerprint density at radius 3 is 2.45 bits per heavy atom. The van der Waals surface area contributed by atoms with Crippen molar-refractivity contribution in [3.8, 4) is 11.5 Å². The minimum Gasteiger partial charge on any atom is -0.497 e. The fourth-order valence-corrected chi connectivity index (χ4v) is 2.12. The second kappa shape index (κ2) is 8.29. The summed E-state index contributed by atoms with van der Waals surface area (Å²) in [6.07, 6.45) is 0. The smallest absolute Gasteiger partial charge is 0.319 e. The van der Waals surface area contributed by atoms with Gasteiger partial charge in [0.2, 0.25) is 0 Å². The second-order valence-corrected chi connectivity index (χ2v) is 5.24. The van der Waals surface area contributed by atoms with Crippen LogP contribution in [0.1, 0.15) is 0 Å². The van der Waals surface area contributed by atoms with Crippen LogP contribution in [0.5, 0.6) is 11.5 Å². The first-order valence-electron chi connectivity index (χ1n) is 6.75. The molecule has 5 nitrogen and oxygen atoms in total. The van der Waals surface area contributed by atoms with E-state index < -0.39 is 0 Å². The van der Waals surface area contributed by atoms with Gasteiger partial charge in [-0.2, -0.15) is 0 Å². The molecule has 0 aromatic heterocycles. The molecule has 0 saturated heterocycles. The standard InChI is InChI=1S/C16H17BrN2O3/c1-21-12-6-8-13(9-7-12)22-11-10-18-16(20)19-15-5-3-2-4-14(15)17/h2-9H,10-11H2,1H3,(H2,18,19,20). The number of carbonyl (C=O) groups is 1. The van der Waals surface area contributed by atoms with Gasteiger partial charge in [0.05, 0.1) is 19.3 Å². The van der Waals surface area contributed by atoms with Crippen molar-refractivity contribution in [3.05, 3.63) is 53.0 Å². The average Bonchev–Trinajstić information content (AvgIpc) is 2.54. The Kier molecular flexibility index (Phi) is 6.09. The van der Waals surface area contributed by atoms with Gasteiger partial charge in [-0.1, -0.05) is 12.1 Å². The highest BCUT2D eigenvalue weighted by atomic mass is 79.9. The van der Waals surface area contributed by atoms with Crippen LogP contribution in [-0.2, 0) is 0 Å². The summed E-state index contributed by atoms with van der Waals surface area (Å²) in [5, 5.41) is 5.49. The number of halogens is 1. The predicted octanol–water partition coefficient (Wildman–Crippen LogP) is 3.66. The molecular weight excluding hydrogens is 348 g/mol. The van der Waals surface area contributed by atoms with Crippen LogP contribution in [0.25, 0.3) is 0 Å². The van der Waals surface area contributed by atoms with E-state index >= 15 is 0 Å². The van der Waals surface area contributed by atoms with Crippen LogP contribution in [-0.4, -0.2) is 26.3 Å². The molecule has 0 heterocycles. The van der Waals surface area contributed by atoms with E-state index in [1.165, 1.54) is 0 Å². The molecule has 0 aliphatic heterocycles. The molecule has 0 aliphatic carbocycles. The Hall–Kier alpha value is -2.21. The monoisotopic (exact) mass is 364 g/mol. The van der Waals surface area contributed by atoms with E-state index in [4.69, 9.17) is 9.47 Å². The summed E-state index contributed by atoms with van der Waals surface area (Å²) < 4.78 is 11.4. The number of hydrogen-bond acceptors (Lipinski definition) is 3. The third kappa shape index (κ3) is 4.96. The highest BCUT2D eigenvalue weighted by Crippen LogP contribution is 2.20. The van der Waals surface area contributed by atoms with Crippen molar-refractivity contribution in [2.24, 2.45) is 0 Å². The number of rotatable bonds is 6. The third-order valence-corrected chi connectivity index (χ3v) is 3.53. The first kappa shape index (κ1) is 16.2. The lowest BCUT2D eigenvalue weighted by molar-refractivity contribution is 0.247. The zero-order valence-corrected chi connectivity index (χ0v) is 13.7. The first-order chi connectivity index (χ1) is 10.7. The number of amides is 2. The van der Waals surface area contributed by atoms with Gasteiger partial charge >= 0.3 is 6.03 Å². The maximum atomic E-state index is 11.7. The Balaban J connectivity index is 1.69. The van der Waals surface area contributed by atoms with E-state index in [0.717, 1.165) is 21.7 Å². The van der Waals surface area contributed by atoms with Crippen molar-refractivity contribution in [1.29, 1.82) is 0 Å². The SMILES string of the molecule is COc1ccc(OCCNC(=O)Nc2ccccc2Br)cc1. The van der Waals surface area contributed by atoms with Gasteiger partial charge in [-0.3, -0.25) is 0 Å². The minimum absolute atomic E-state index is 0.273. The average molecular weight is 365 g/mol. The molecule has 2 rings (SSSR count). The maximum absolute atomic E-state index is 11.7. The number of nitrogens with one attached hydrogen (secondary N) is 2. The highest BCUT2D eigenvalue weighted by Gasteiger charge is 2.03. The molecule has 2 amide bonds. The number of anilines is 1. The van der Waals surface area contributed by atoms with Gasteiger partial charge < -0.3 is 20.1 Å². The number of ether oxygens (including phenoxy) is 2.